The molecule has 0 N–H and O–H groups in total. The molecule has 0 bridgehead atoms. The topological polar surface area (TPSA) is 21.3 Å². The van der Waals surface area contributed by atoms with Gasteiger partial charge >= 0.3 is 0 Å². The van der Waals surface area contributed by atoms with E-state index in [-0.39, 0.29) is 0 Å². The van der Waals surface area contributed by atoms with Crippen molar-refractivity contribution in [1.82, 2.24) is 4.57 Å². The Kier molecular flexibility index (Phi) is 8.17. The number of benzene rings is 10. The molecular formula is C58H38N2O. The third kappa shape index (κ3) is 5.82. The molecule has 0 unspecified atom stereocenters. The fourth-order valence-electron chi connectivity index (χ4n) is 9.41. The molecule has 12 rings (SSSR count). The van der Waals surface area contributed by atoms with Crippen molar-refractivity contribution in [1.29, 1.82) is 0 Å². The fourth-order valence-corrected chi connectivity index (χ4v) is 9.41. The summed E-state index contributed by atoms with van der Waals surface area (Å²) in [6.45, 7) is 0. The lowest BCUT2D eigenvalue weighted by Crippen LogP contribution is -2.11. The van der Waals surface area contributed by atoms with Gasteiger partial charge in [-0.15, -0.1) is 0 Å². The molecule has 0 aliphatic heterocycles. The lowest BCUT2D eigenvalue weighted by atomic mass is 9.97. The maximum absolute atomic E-state index is 6.41. The maximum atomic E-state index is 6.41. The van der Waals surface area contributed by atoms with Gasteiger partial charge in [-0.3, -0.25) is 0 Å². The average molecular weight is 779 g/mol. The summed E-state index contributed by atoms with van der Waals surface area (Å²) in [6, 6.07) is 83.0. The van der Waals surface area contributed by atoms with E-state index >= 15 is 0 Å². The van der Waals surface area contributed by atoms with E-state index in [1.54, 1.807) is 0 Å². The highest BCUT2D eigenvalue weighted by molar-refractivity contribution is 6.10. The van der Waals surface area contributed by atoms with Gasteiger partial charge in [-0.1, -0.05) is 164 Å². The molecule has 0 aliphatic rings. The molecule has 0 radical (unpaired) electrons. The molecule has 0 aliphatic carbocycles. The van der Waals surface area contributed by atoms with Gasteiger partial charge in [0, 0.05) is 44.0 Å². The van der Waals surface area contributed by atoms with Crippen LogP contribution in [0, 0.1) is 0 Å². The molecule has 3 nitrogen and oxygen atoms in total. The van der Waals surface area contributed by atoms with Crippen molar-refractivity contribution in [2.45, 2.75) is 0 Å². The lowest BCUT2D eigenvalue weighted by molar-refractivity contribution is 0.669. The molecule has 3 heteroatoms. The van der Waals surface area contributed by atoms with E-state index < -0.39 is 0 Å². The molecule has 0 atom stereocenters. The molecule has 12 aromatic rings. The zero-order valence-electron chi connectivity index (χ0n) is 33.2. The number of aromatic nitrogens is 1. The average Bonchev–Trinajstić information content (AvgIpc) is 3.87. The summed E-state index contributed by atoms with van der Waals surface area (Å²) in [5.74, 6) is 0. The maximum Gasteiger partial charge on any atom is 0.136 e. The molecule has 2 aromatic heterocycles. The Balaban J connectivity index is 1.02. The Morgan fingerprint density at radius 3 is 1.72 bits per heavy atom. The number of hydrogen-bond donors (Lipinski definition) is 0. The van der Waals surface area contributed by atoms with E-state index in [1.807, 2.05) is 12.1 Å². The zero-order valence-corrected chi connectivity index (χ0v) is 33.2. The fraction of sp³-hybridized carbons (Fsp3) is 0. The van der Waals surface area contributed by atoms with Crippen molar-refractivity contribution in [3.8, 4) is 39.1 Å². The Morgan fingerprint density at radius 2 is 0.902 bits per heavy atom. The van der Waals surface area contributed by atoms with Crippen molar-refractivity contribution < 1.29 is 4.42 Å². The van der Waals surface area contributed by atoms with Crippen LogP contribution in [0.1, 0.15) is 0 Å². The first kappa shape index (κ1) is 34.9. The largest absolute Gasteiger partial charge is 0.456 e. The van der Waals surface area contributed by atoms with Gasteiger partial charge < -0.3 is 13.9 Å². The summed E-state index contributed by atoms with van der Waals surface area (Å²) in [7, 11) is 0. The molecule has 0 spiro atoms. The standard InChI is InChI=1S/C58H38N2O/c1-2-19-45-39(15-1)16-14-25-46(45)41-17-13-18-44(37-41)59(53-26-8-4-21-48(53)42-33-36-52-51-24-7-12-30-57(51)61-58(52)38-42)43-34-31-40(32-35-43)47-20-3-9-27-54(47)60-55-28-10-5-22-49(55)50-23-6-11-29-56(50)60/h1-38H. The van der Waals surface area contributed by atoms with E-state index in [4.69, 9.17) is 4.42 Å². The number of para-hydroxylation sites is 5. The highest BCUT2D eigenvalue weighted by atomic mass is 16.3. The number of anilines is 3. The van der Waals surface area contributed by atoms with Crippen LogP contribution in [0.2, 0.25) is 0 Å². The minimum absolute atomic E-state index is 0.879. The van der Waals surface area contributed by atoms with Crippen LogP contribution in [0.15, 0.2) is 235 Å². The van der Waals surface area contributed by atoms with Crippen LogP contribution in [0.3, 0.4) is 0 Å². The zero-order chi connectivity index (χ0) is 40.3. The first-order valence-electron chi connectivity index (χ1n) is 20.8. The van der Waals surface area contributed by atoms with Crippen LogP contribution in [-0.4, -0.2) is 4.57 Å². The first-order valence-corrected chi connectivity index (χ1v) is 20.8. The Bertz CT molecular complexity index is 3550. The third-order valence-corrected chi connectivity index (χ3v) is 12.2. The Hall–Kier alpha value is -8.14. The third-order valence-electron chi connectivity index (χ3n) is 12.2. The van der Waals surface area contributed by atoms with Crippen LogP contribution < -0.4 is 4.90 Å². The predicted molar refractivity (Wildman–Crippen MR) is 257 cm³/mol. The highest BCUT2D eigenvalue weighted by Crippen LogP contribution is 2.44. The number of fused-ring (bicyclic) bond motifs is 7. The molecule has 286 valence electrons. The number of furan rings is 1. The molecule has 0 fully saturated rings. The quantitative estimate of drug-likeness (QED) is 0.161. The van der Waals surface area contributed by atoms with Crippen LogP contribution in [0.4, 0.5) is 17.1 Å². The summed E-state index contributed by atoms with van der Waals surface area (Å²) in [6.07, 6.45) is 0. The van der Waals surface area contributed by atoms with Gasteiger partial charge in [0.25, 0.3) is 0 Å². The highest BCUT2D eigenvalue weighted by Gasteiger charge is 2.20. The number of hydrogen-bond acceptors (Lipinski definition) is 2. The molecule has 0 amide bonds. The van der Waals surface area contributed by atoms with Crippen LogP contribution in [-0.2, 0) is 0 Å². The second-order valence-corrected chi connectivity index (χ2v) is 15.7. The molecule has 0 saturated heterocycles. The van der Waals surface area contributed by atoms with Crippen molar-refractivity contribution in [3.05, 3.63) is 231 Å². The number of rotatable bonds is 7. The SMILES string of the molecule is c1cc(-c2cccc3ccccc23)cc(N(c2ccc(-c3ccccc3-n3c4ccccc4c4ccccc43)cc2)c2ccccc2-c2ccc3c(c2)oc2ccccc23)c1. The van der Waals surface area contributed by atoms with Crippen molar-refractivity contribution >= 4 is 71.6 Å². The van der Waals surface area contributed by atoms with Gasteiger partial charge in [0.1, 0.15) is 11.2 Å². The Labute approximate surface area is 353 Å². The van der Waals surface area contributed by atoms with Crippen LogP contribution in [0.25, 0.3) is 93.6 Å². The van der Waals surface area contributed by atoms with Crippen molar-refractivity contribution in [3.63, 3.8) is 0 Å². The summed E-state index contributed by atoms with van der Waals surface area (Å²) >= 11 is 0. The molecule has 61 heavy (non-hydrogen) atoms. The predicted octanol–water partition coefficient (Wildman–Crippen LogP) is 16.3. The van der Waals surface area contributed by atoms with Gasteiger partial charge in [-0.05, 0) is 99.8 Å². The van der Waals surface area contributed by atoms with Gasteiger partial charge in [0.15, 0.2) is 0 Å². The number of nitrogens with zero attached hydrogens (tertiary/aromatic N) is 2. The summed E-state index contributed by atoms with van der Waals surface area (Å²) in [5.41, 5.74) is 15.4. The normalized spacial score (nSPS) is 11.6. The van der Waals surface area contributed by atoms with Crippen LogP contribution >= 0.6 is 0 Å². The minimum atomic E-state index is 0.879. The molecular weight excluding hydrogens is 741 g/mol. The van der Waals surface area contributed by atoms with E-state index in [9.17, 15) is 0 Å². The smallest absolute Gasteiger partial charge is 0.136 e. The Morgan fingerprint density at radius 1 is 0.328 bits per heavy atom. The van der Waals surface area contributed by atoms with E-state index in [2.05, 4.69) is 228 Å². The molecule has 0 saturated carbocycles. The summed E-state index contributed by atoms with van der Waals surface area (Å²) in [4.78, 5) is 2.40. The van der Waals surface area contributed by atoms with E-state index in [0.29, 0.717) is 0 Å². The molecule has 10 aromatic carbocycles. The van der Waals surface area contributed by atoms with Gasteiger partial charge in [-0.2, -0.15) is 0 Å². The van der Waals surface area contributed by atoms with Gasteiger partial charge in [-0.25, -0.2) is 0 Å². The van der Waals surface area contributed by atoms with Crippen molar-refractivity contribution in [2.24, 2.45) is 0 Å². The summed E-state index contributed by atoms with van der Waals surface area (Å²) < 4.78 is 8.82. The second kappa shape index (κ2) is 14.3. The monoisotopic (exact) mass is 778 g/mol. The van der Waals surface area contributed by atoms with Crippen molar-refractivity contribution in [2.75, 3.05) is 4.90 Å². The lowest BCUT2D eigenvalue weighted by Gasteiger charge is -2.28. The minimum Gasteiger partial charge on any atom is -0.456 e. The second-order valence-electron chi connectivity index (χ2n) is 15.7. The molecule has 2 heterocycles. The van der Waals surface area contributed by atoms with E-state index in [1.165, 1.54) is 43.7 Å². The van der Waals surface area contributed by atoms with Crippen LogP contribution in [0.5, 0.6) is 0 Å². The van der Waals surface area contributed by atoms with E-state index in [0.717, 1.165) is 66.9 Å². The summed E-state index contributed by atoms with van der Waals surface area (Å²) in [5, 5.41) is 7.22. The first-order chi connectivity index (χ1) is 30.3. The van der Waals surface area contributed by atoms with Gasteiger partial charge in [0.2, 0.25) is 0 Å². The van der Waals surface area contributed by atoms with Gasteiger partial charge in [0.05, 0.1) is 22.4 Å².